The van der Waals surface area contributed by atoms with Gasteiger partial charge in [-0.05, 0) is 48.4 Å². The minimum Gasteiger partial charge on any atom is -0.465 e. The Bertz CT molecular complexity index is 1100. The molecule has 0 atom stereocenters. The number of ether oxygens (including phenoxy) is 1. The number of methoxy groups -OCH3 is 1. The van der Waals surface area contributed by atoms with E-state index in [-0.39, 0.29) is 18.2 Å². The van der Waals surface area contributed by atoms with Crippen LogP contribution in [0.4, 0.5) is 5.69 Å². The van der Waals surface area contributed by atoms with Gasteiger partial charge in [-0.1, -0.05) is 59.3 Å². The molecule has 10 heteroatoms. The molecule has 0 saturated carbocycles. The molecule has 1 fully saturated rings. The highest BCUT2D eigenvalue weighted by molar-refractivity contribution is 8.26. The van der Waals surface area contributed by atoms with Crippen LogP contribution < -0.4 is 5.32 Å². The predicted molar refractivity (Wildman–Crippen MR) is 132 cm³/mol. The topological polar surface area (TPSA) is 75.7 Å². The molecule has 2 amide bonds. The van der Waals surface area contributed by atoms with Crippen LogP contribution in [-0.4, -0.2) is 40.7 Å². The van der Waals surface area contributed by atoms with Gasteiger partial charge in [0, 0.05) is 18.7 Å². The van der Waals surface area contributed by atoms with E-state index in [1.807, 2.05) is 0 Å². The van der Waals surface area contributed by atoms with E-state index in [4.69, 9.17) is 35.4 Å². The number of benzene rings is 2. The molecular weight excluding hydrogens is 491 g/mol. The highest BCUT2D eigenvalue weighted by atomic mass is 35.5. The normalized spacial score (nSPS) is 14.7. The van der Waals surface area contributed by atoms with E-state index in [1.165, 1.54) is 23.8 Å². The van der Waals surface area contributed by atoms with E-state index >= 15 is 0 Å². The van der Waals surface area contributed by atoms with Gasteiger partial charge in [0.05, 0.1) is 27.6 Å². The number of esters is 1. The molecule has 1 saturated heterocycles. The van der Waals surface area contributed by atoms with Crippen molar-refractivity contribution in [3.63, 3.8) is 0 Å². The van der Waals surface area contributed by atoms with Crippen molar-refractivity contribution in [3.8, 4) is 0 Å². The van der Waals surface area contributed by atoms with E-state index in [0.717, 1.165) is 5.56 Å². The summed E-state index contributed by atoms with van der Waals surface area (Å²) in [6, 6.07) is 11.6. The van der Waals surface area contributed by atoms with Crippen LogP contribution in [-0.2, 0) is 14.3 Å². The van der Waals surface area contributed by atoms with Gasteiger partial charge in [-0.25, -0.2) is 4.79 Å². The molecule has 1 aliphatic heterocycles. The molecule has 1 N–H and O–H groups in total. The first-order valence-electron chi connectivity index (χ1n) is 9.47. The minimum atomic E-state index is -0.425. The first-order valence-corrected chi connectivity index (χ1v) is 11.4. The van der Waals surface area contributed by atoms with Gasteiger partial charge < -0.3 is 10.1 Å². The number of amides is 2. The first kappa shape index (κ1) is 24.3. The fraction of sp³-hybridized carbons (Fsp3) is 0.182. The summed E-state index contributed by atoms with van der Waals surface area (Å²) in [4.78, 5) is 38.4. The van der Waals surface area contributed by atoms with Crippen molar-refractivity contribution in [3.05, 3.63) is 68.5 Å². The Labute approximate surface area is 204 Å². The lowest BCUT2D eigenvalue weighted by Gasteiger charge is -2.14. The molecule has 6 nitrogen and oxygen atoms in total. The molecule has 0 unspecified atom stereocenters. The molecule has 32 heavy (non-hydrogen) atoms. The standard InChI is InChI=1S/C22H18Cl2N2O4S2/c1-30-21(29)14-6-4-13(5-7-14)11-18-20(28)26(22(31)32-18)10-2-3-19(27)25-15-8-9-16(23)17(24)12-15/h4-9,11-12H,2-3,10H2,1H3,(H,25,27)/b18-11-. The molecule has 2 aromatic carbocycles. The van der Waals surface area contributed by atoms with Crippen molar-refractivity contribution in [1.82, 2.24) is 4.90 Å². The summed E-state index contributed by atoms with van der Waals surface area (Å²) in [7, 11) is 1.32. The molecule has 0 aliphatic carbocycles. The van der Waals surface area contributed by atoms with Gasteiger partial charge in [0.1, 0.15) is 4.32 Å². The van der Waals surface area contributed by atoms with E-state index in [1.54, 1.807) is 48.5 Å². The van der Waals surface area contributed by atoms with Crippen LogP contribution in [0.2, 0.25) is 10.0 Å². The third-order valence-corrected chi connectivity index (χ3v) is 6.61. The largest absolute Gasteiger partial charge is 0.465 e. The summed E-state index contributed by atoms with van der Waals surface area (Å²) in [5.74, 6) is -0.830. The summed E-state index contributed by atoms with van der Waals surface area (Å²) in [5.41, 5.74) is 1.74. The molecule has 0 aromatic heterocycles. The fourth-order valence-corrected chi connectivity index (χ4v) is 4.48. The Morgan fingerprint density at radius 1 is 1.16 bits per heavy atom. The zero-order chi connectivity index (χ0) is 23.3. The molecule has 0 radical (unpaired) electrons. The fourth-order valence-electron chi connectivity index (χ4n) is 2.87. The van der Waals surface area contributed by atoms with Crippen LogP contribution in [0.1, 0.15) is 28.8 Å². The first-order chi connectivity index (χ1) is 15.3. The molecule has 0 spiro atoms. The Hall–Kier alpha value is -2.39. The molecule has 166 valence electrons. The average molecular weight is 509 g/mol. The van der Waals surface area contributed by atoms with Gasteiger partial charge in [-0.15, -0.1) is 0 Å². The average Bonchev–Trinajstić information content (AvgIpc) is 3.03. The van der Waals surface area contributed by atoms with Crippen LogP contribution in [0.3, 0.4) is 0 Å². The lowest BCUT2D eigenvalue weighted by Crippen LogP contribution is -2.29. The maximum atomic E-state index is 12.7. The lowest BCUT2D eigenvalue weighted by molar-refractivity contribution is -0.122. The Balaban J connectivity index is 1.54. The highest BCUT2D eigenvalue weighted by Crippen LogP contribution is 2.33. The number of hydrogen-bond donors (Lipinski definition) is 1. The van der Waals surface area contributed by atoms with Crippen molar-refractivity contribution in [1.29, 1.82) is 0 Å². The van der Waals surface area contributed by atoms with Gasteiger partial charge in [-0.2, -0.15) is 0 Å². The van der Waals surface area contributed by atoms with Gasteiger partial charge in [-0.3, -0.25) is 14.5 Å². The van der Waals surface area contributed by atoms with E-state index < -0.39 is 5.97 Å². The van der Waals surface area contributed by atoms with Crippen molar-refractivity contribution < 1.29 is 19.1 Å². The lowest BCUT2D eigenvalue weighted by atomic mass is 10.1. The zero-order valence-electron chi connectivity index (χ0n) is 16.9. The zero-order valence-corrected chi connectivity index (χ0v) is 20.0. The van der Waals surface area contributed by atoms with Crippen molar-refractivity contribution in [2.24, 2.45) is 0 Å². The number of anilines is 1. The molecule has 3 rings (SSSR count). The quantitative estimate of drug-likeness (QED) is 0.306. The number of rotatable bonds is 7. The van der Waals surface area contributed by atoms with Crippen LogP contribution in [0.25, 0.3) is 6.08 Å². The minimum absolute atomic E-state index is 0.199. The number of carbonyl (C=O) groups excluding carboxylic acids is 3. The number of carbonyl (C=O) groups is 3. The Kier molecular flexibility index (Phi) is 8.31. The van der Waals surface area contributed by atoms with Crippen LogP contribution >= 0.6 is 47.2 Å². The summed E-state index contributed by atoms with van der Waals surface area (Å²) in [5, 5.41) is 3.51. The number of nitrogens with zero attached hydrogens (tertiary/aromatic N) is 1. The maximum Gasteiger partial charge on any atom is 0.337 e. The van der Waals surface area contributed by atoms with Gasteiger partial charge >= 0.3 is 5.97 Å². The second-order valence-corrected chi connectivity index (χ2v) is 9.22. The summed E-state index contributed by atoms with van der Waals surface area (Å²) in [6.07, 6.45) is 2.38. The summed E-state index contributed by atoms with van der Waals surface area (Å²) < 4.78 is 5.12. The second-order valence-electron chi connectivity index (χ2n) is 6.73. The van der Waals surface area contributed by atoms with E-state index in [0.29, 0.717) is 43.5 Å². The summed E-state index contributed by atoms with van der Waals surface area (Å²) >= 11 is 18.4. The molecule has 1 heterocycles. The van der Waals surface area contributed by atoms with Crippen LogP contribution in [0, 0.1) is 0 Å². The SMILES string of the molecule is COC(=O)c1ccc(/C=C2\SC(=S)N(CCCC(=O)Nc3ccc(Cl)c(Cl)c3)C2=O)cc1. The monoisotopic (exact) mass is 508 g/mol. The maximum absolute atomic E-state index is 12.7. The van der Waals surface area contributed by atoms with Crippen molar-refractivity contribution >= 4 is 81.0 Å². The van der Waals surface area contributed by atoms with E-state index in [2.05, 4.69) is 10.1 Å². The number of thioether (sulfide) groups is 1. The third-order valence-electron chi connectivity index (χ3n) is 4.49. The number of nitrogens with one attached hydrogen (secondary N) is 1. The number of hydrogen-bond acceptors (Lipinski definition) is 6. The van der Waals surface area contributed by atoms with Crippen molar-refractivity contribution in [2.75, 3.05) is 19.0 Å². The summed E-state index contributed by atoms with van der Waals surface area (Å²) in [6.45, 7) is 0.331. The molecule has 2 aromatic rings. The third kappa shape index (κ3) is 6.10. The van der Waals surface area contributed by atoms with E-state index in [9.17, 15) is 14.4 Å². The predicted octanol–water partition coefficient (Wildman–Crippen LogP) is 5.40. The molecule has 1 aliphatic rings. The second kappa shape index (κ2) is 11.0. The van der Waals surface area contributed by atoms with Crippen molar-refractivity contribution in [2.45, 2.75) is 12.8 Å². The Morgan fingerprint density at radius 3 is 2.53 bits per heavy atom. The van der Waals surface area contributed by atoms with Gasteiger partial charge in [0.25, 0.3) is 5.91 Å². The molecular formula is C22H18Cl2N2O4S2. The smallest absolute Gasteiger partial charge is 0.337 e. The van der Waals surface area contributed by atoms with Crippen LogP contribution in [0.15, 0.2) is 47.4 Å². The number of halogens is 2. The molecule has 0 bridgehead atoms. The van der Waals surface area contributed by atoms with Crippen LogP contribution in [0.5, 0.6) is 0 Å². The highest BCUT2D eigenvalue weighted by Gasteiger charge is 2.31. The number of thiocarbonyl (C=S) groups is 1. The van der Waals surface area contributed by atoms with Gasteiger partial charge in [0.2, 0.25) is 5.91 Å². The van der Waals surface area contributed by atoms with Gasteiger partial charge in [0.15, 0.2) is 0 Å². The Morgan fingerprint density at radius 2 is 1.88 bits per heavy atom.